The van der Waals surface area contributed by atoms with E-state index in [9.17, 15) is 4.79 Å². The van der Waals surface area contributed by atoms with Gasteiger partial charge in [-0.15, -0.1) is 0 Å². The van der Waals surface area contributed by atoms with Crippen LogP contribution in [0.1, 0.15) is 38.6 Å². The molecule has 0 spiro atoms. The maximum Gasteiger partial charge on any atom is 0.256 e. The lowest BCUT2D eigenvalue weighted by Crippen LogP contribution is -2.23. The third kappa shape index (κ3) is 3.62. The first-order valence-corrected chi connectivity index (χ1v) is 11.0. The maximum atomic E-state index is 15.1. The van der Waals surface area contributed by atoms with E-state index >= 15 is 4.39 Å². The molecule has 1 aliphatic rings. The molecular weight excluding hydrogens is 453 g/mol. The monoisotopic (exact) mass is 471 g/mol. The molecule has 0 unspecified atom stereocenters. The molecule has 0 saturated heterocycles. The fourth-order valence-corrected chi connectivity index (χ4v) is 4.60. The van der Waals surface area contributed by atoms with Crippen LogP contribution in [0.3, 0.4) is 0 Å². The summed E-state index contributed by atoms with van der Waals surface area (Å²) >= 11 is 6.20. The van der Waals surface area contributed by atoms with E-state index in [1.807, 2.05) is 26.0 Å². The Morgan fingerprint density at radius 3 is 2.71 bits per heavy atom. The highest BCUT2D eigenvalue weighted by atomic mass is 35.5. The van der Waals surface area contributed by atoms with Gasteiger partial charge < -0.3 is 4.90 Å². The lowest BCUT2D eigenvalue weighted by molar-refractivity contribution is 0.0765. The molecule has 1 aliphatic heterocycles. The van der Waals surface area contributed by atoms with Crippen molar-refractivity contribution in [1.29, 1.82) is 5.26 Å². The van der Waals surface area contributed by atoms with Crippen molar-refractivity contribution in [3.05, 3.63) is 99.3 Å². The Morgan fingerprint density at radius 2 is 2.00 bits per heavy atom. The number of carbonyl (C=O) groups excluding carboxylic acids is 1. The molecule has 0 fully saturated rings. The number of aryl methyl sites for hydroxylation is 1. The number of hydrogen-bond donors (Lipinski definition) is 0. The maximum absolute atomic E-state index is 15.1. The average Bonchev–Trinajstić information content (AvgIpc) is 3.30. The van der Waals surface area contributed by atoms with Crippen molar-refractivity contribution in [2.24, 2.45) is 0 Å². The predicted octanol–water partition coefficient (Wildman–Crippen LogP) is 5.37. The highest BCUT2D eigenvalue weighted by molar-refractivity contribution is 6.31. The van der Waals surface area contributed by atoms with Gasteiger partial charge in [-0.05, 0) is 55.8 Å². The summed E-state index contributed by atoms with van der Waals surface area (Å²) in [6.45, 7) is 4.31. The summed E-state index contributed by atoms with van der Waals surface area (Å²) in [5.74, 6) is -0.525. The van der Waals surface area contributed by atoms with Gasteiger partial charge in [-0.2, -0.15) is 10.4 Å². The first kappa shape index (κ1) is 21.8. The van der Waals surface area contributed by atoms with Crippen molar-refractivity contribution in [2.45, 2.75) is 26.9 Å². The number of rotatable bonds is 4. The number of pyridine rings is 1. The fourth-order valence-electron chi connectivity index (χ4n) is 4.38. The average molecular weight is 472 g/mol. The molecule has 0 radical (unpaired) electrons. The van der Waals surface area contributed by atoms with Gasteiger partial charge in [-0.25, -0.2) is 9.07 Å². The van der Waals surface area contributed by atoms with Crippen LogP contribution in [-0.4, -0.2) is 25.6 Å². The standard InChI is InChI=1S/C26H19ClFN5O/c1-15-25(16(2)33(31-15)20-8-7-18(12-29)22(27)11-20)17-5-6-19(23(28)10-17)13-32-14-24-21(26(32)34)4-3-9-30-24/h3-11H,13-14H2,1-2H3. The van der Waals surface area contributed by atoms with Crippen LogP contribution >= 0.6 is 11.6 Å². The second-order valence-corrected chi connectivity index (χ2v) is 8.61. The summed E-state index contributed by atoms with van der Waals surface area (Å²) in [7, 11) is 0. The summed E-state index contributed by atoms with van der Waals surface area (Å²) in [4.78, 5) is 18.5. The molecule has 0 bridgehead atoms. The summed E-state index contributed by atoms with van der Waals surface area (Å²) in [5, 5.41) is 14.1. The number of amides is 1. The van der Waals surface area contributed by atoms with E-state index in [1.165, 1.54) is 6.07 Å². The molecule has 6 nitrogen and oxygen atoms in total. The van der Waals surface area contributed by atoms with Crippen molar-refractivity contribution in [3.8, 4) is 22.9 Å². The molecule has 2 aromatic heterocycles. The summed E-state index contributed by atoms with van der Waals surface area (Å²) in [6, 6.07) is 15.7. The molecular formula is C26H19ClFN5O. The van der Waals surface area contributed by atoms with Crippen LogP contribution in [0.5, 0.6) is 0 Å². The summed E-state index contributed by atoms with van der Waals surface area (Å²) < 4.78 is 16.9. The number of hydrogen-bond acceptors (Lipinski definition) is 4. The van der Waals surface area contributed by atoms with E-state index in [2.05, 4.69) is 10.1 Å². The van der Waals surface area contributed by atoms with Crippen molar-refractivity contribution in [2.75, 3.05) is 0 Å². The molecule has 0 aliphatic carbocycles. The third-order valence-electron chi connectivity index (χ3n) is 6.06. The lowest BCUT2D eigenvalue weighted by atomic mass is 10.0. The molecule has 168 valence electrons. The number of halogens is 2. The highest BCUT2D eigenvalue weighted by Gasteiger charge is 2.28. The van der Waals surface area contributed by atoms with Crippen LogP contribution in [0.15, 0.2) is 54.7 Å². The Hall–Kier alpha value is -4.02. The van der Waals surface area contributed by atoms with E-state index in [0.29, 0.717) is 45.2 Å². The van der Waals surface area contributed by atoms with Crippen molar-refractivity contribution < 1.29 is 9.18 Å². The van der Waals surface area contributed by atoms with Gasteiger partial charge in [-0.3, -0.25) is 9.78 Å². The number of fused-ring (bicyclic) bond motifs is 1. The minimum absolute atomic E-state index is 0.138. The van der Waals surface area contributed by atoms with Gasteiger partial charge in [0.25, 0.3) is 5.91 Å². The molecule has 5 rings (SSSR count). The number of aromatic nitrogens is 3. The SMILES string of the molecule is Cc1nn(-c2ccc(C#N)c(Cl)c2)c(C)c1-c1ccc(CN2Cc3ncccc3C2=O)c(F)c1. The zero-order chi connectivity index (χ0) is 24.0. The van der Waals surface area contributed by atoms with Crippen LogP contribution in [0.4, 0.5) is 4.39 Å². The van der Waals surface area contributed by atoms with Crippen LogP contribution in [0.2, 0.25) is 5.02 Å². The second kappa shape index (κ2) is 8.40. The van der Waals surface area contributed by atoms with Crippen molar-refractivity contribution in [3.63, 3.8) is 0 Å². The molecule has 3 heterocycles. The molecule has 0 N–H and O–H groups in total. The fraction of sp³-hybridized carbons (Fsp3) is 0.154. The number of benzene rings is 2. The van der Waals surface area contributed by atoms with E-state index in [1.54, 1.807) is 52.2 Å². The quantitative estimate of drug-likeness (QED) is 0.401. The summed E-state index contributed by atoms with van der Waals surface area (Å²) in [6.07, 6.45) is 1.65. The number of nitrogens with zero attached hydrogens (tertiary/aromatic N) is 5. The van der Waals surface area contributed by atoms with Crippen LogP contribution in [-0.2, 0) is 13.1 Å². The van der Waals surface area contributed by atoms with Gasteiger partial charge in [0.1, 0.15) is 11.9 Å². The van der Waals surface area contributed by atoms with Gasteiger partial charge in [0.2, 0.25) is 0 Å². The molecule has 4 aromatic rings. The van der Waals surface area contributed by atoms with E-state index in [4.69, 9.17) is 16.9 Å². The van der Waals surface area contributed by atoms with Crippen molar-refractivity contribution in [1.82, 2.24) is 19.7 Å². The van der Waals surface area contributed by atoms with Crippen LogP contribution in [0.25, 0.3) is 16.8 Å². The molecule has 2 aromatic carbocycles. The number of carbonyl (C=O) groups is 1. The van der Waals surface area contributed by atoms with Gasteiger partial charge in [-0.1, -0.05) is 23.7 Å². The largest absolute Gasteiger partial charge is 0.328 e. The van der Waals surface area contributed by atoms with Gasteiger partial charge in [0.05, 0.1) is 39.8 Å². The first-order valence-electron chi connectivity index (χ1n) is 10.7. The molecule has 0 atom stereocenters. The van der Waals surface area contributed by atoms with Gasteiger partial charge in [0.15, 0.2) is 0 Å². The minimum atomic E-state index is -0.387. The predicted molar refractivity (Wildman–Crippen MR) is 126 cm³/mol. The molecule has 8 heteroatoms. The minimum Gasteiger partial charge on any atom is -0.328 e. The lowest BCUT2D eigenvalue weighted by Gasteiger charge is -2.16. The summed E-state index contributed by atoms with van der Waals surface area (Å²) in [5.41, 5.74) is 5.90. The van der Waals surface area contributed by atoms with Crippen LogP contribution < -0.4 is 0 Å². The zero-order valence-electron chi connectivity index (χ0n) is 18.5. The highest BCUT2D eigenvalue weighted by Crippen LogP contribution is 2.32. The Bertz CT molecular complexity index is 1500. The molecule has 1 amide bonds. The van der Waals surface area contributed by atoms with Crippen molar-refractivity contribution >= 4 is 17.5 Å². The Balaban J connectivity index is 1.44. The Labute approximate surface area is 200 Å². The smallest absolute Gasteiger partial charge is 0.256 e. The zero-order valence-corrected chi connectivity index (χ0v) is 19.3. The Kier molecular flexibility index (Phi) is 5.39. The third-order valence-corrected chi connectivity index (χ3v) is 6.37. The topological polar surface area (TPSA) is 74.8 Å². The Morgan fingerprint density at radius 1 is 1.18 bits per heavy atom. The van der Waals surface area contributed by atoms with E-state index in [0.717, 1.165) is 17.0 Å². The normalized spacial score (nSPS) is 12.7. The van der Waals surface area contributed by atoms with E-state index in [-0.39, 0.29) is 18.3 Å². The van der Waals surface area contributed by atoms with Gasteiger partial charge >= 0.3 is 0 Å². The van der Waals surface area contributed by atoms with E-state index < -0.39 is 0 Å². The van der Waals surface area contributed by atoms with Gasteiger partial charge in [0, 0.05) is 29.6 Å². The second-order valence-electron chi connectivity index (χ2n) is 8.20. The number of nitriles is 1. The van der Waals surface area contributed by atoms with Crippen LogP contribution in [0, 0.1) is 31.0 Å². The molecule has 0 saturated carbocycles. The first-order chi connectivity index (χ1) is 16.4. The molecule has 34 heavy (non-hydrogen) atoms.